The number of hydrogen-bond donors (Lipinski definition) is 1. The average molecular weight is 397 g/mol. The number of hydrogen-bond acceptors (Lipinski definition) is 4. The zero-order valence-electron chi connectivity index (χ0n) is 17.8. The molecule has 1 aliphatic heterocycles. The van der Waals surface area contributed by atoms with E-state index in [0.717, 1.165) is 51.9 Å². The van der Waals surface area contributed by atoms with Gasteiger partial charge in [0.2, 0.25) is 0 Å². The summed E-state index contributed by atoms with van der Waals surface area (Å²) < 4.78 is 7.19. The first kappa shape index (κ1) is 20.1. The van der Waals surface area contributed by atoms with Crippen molar-refractivity contribution in [3.8, 4) is 0 Å². The third-order valence-electron chi connectivity index (χ3n) is 6.35. The summed E-state index contributed by atoms with van der Waals surface area (Å²) in [6.07, 6.45) is 6.96. The first-order valence-corrected chi connectivity index (χ1v) is 10.8. The quantitative estimate of drug-likeness (QED) is 0.834. The van der Waals surface area contributed by atoms with Gasteiger partial charge in [-0.15, -0.1) is 5.10 Å². The zero-order chi connectivity index (χ0) is 20.5. The third kappa shape index (κ3) is 4.37. The Morgan fingerprint density at radius 3 is 2.59 bits per heavy atom. The minimum atomic E-state index is -0.309. The van der Waals surface area contributed by atoms with E-state index in [2.05, 4.69) is 60.7 Å². The van der Waals surface area contributed by atoms with E-state index in [1.54, 1.807) is 10.9 Å². The molecule has 6 heteroatoms. The second-order valence-corrected chi connectivity index (χ2v) is 9.63. The van der Waals surface area contributed by atoms with Crippen LogP contribution >= 0.6 is 0 Å². The van der Waals surface area contributed by atoms with Crippen molar-refractivity contribution in [2.45, 2.75) is 70.4 Å². The van der Waals surface area contributed by atoms with E-state index in [0.29, 0.717) is 11.6 Å². The van der Waals surface area contributed by atoms with Crippen molar-refractivity contribution in [1.29, 1.82) is 0 Å². The fourth-order valence-electron chi connectivity index (χ4n) is 4.52. The van der Waals surface area contributed by atoms with Crippen molar-refractivity contribution in [1.82, 2.24) is 20.3 Å². The summed E-state index contributed by atoms with van der Waals surface area (Å²) in [5, 5.41) is 11.6. The number of nitrogens with one attached hydrogen (secondary N) is 1. The molecule has 0 radical (unpaired) electrons. The minimum Gasteiger partial charge on any atom is -0.381 e. The van der Waals surface area contributed by atoms with Gasteiger partial charge in [0.15, 0.2) is 5.69 Å². The number of amides is 1. The maximum atomic E-state index is 13.0. The molecule has 2 heterocycles. The molecule has 1 saturated heterocycles. The first-order valence-electron chi connectivity index (χ1n) is 10.8. The predicted octanol–water partition coefficient (Wildman–Crippen LogP) is 3.81. The highest BCUT2D eigenvalue weighted by atomic mass is 16.5. The molecule has 1 aromatic carbocycles. The summed E-state index contributed by atoms with van der Waals surface area (Å²) in [7, 11) is 0. The molecule has 0 spiro atoms. The summed E-state index contributed by atoms with van der Waals surface area (Å²) >= 11 is 0. The van der Waals surface area contributed by atoms with Crippen LogP contribution < -0.4 is 5.32 Å². The van der Waals surface area contributed by atoms with Crippen molar-refractivity contribution < 1.29 is 9.53 Å². The maximum Gasteiger partial charge on any atom is 0.274 e. The van der Waals surface area contributed by atoms with Crippen molar-refractivity contribution in [2.24, 2.45) is 5.92 Å². The summed E-state index contributed by atoms with van der Waals surface area (Å²) in [5.41, 5.74) is 2.69. The molecule has 0 bridgehead atoms. The highest BCUT2D eigenvalue weighted by molar-refractivity contribution is 5.92. The fraction of sp³-hybridized carbons (Fsp3) is 0.609. The third-order valence-corrected chi connectivity index (χ3v) is 6.35. The lowest BCUT2D eigenvalue weighted by atomic mass is 9.83. The van der Waals surface area contributed by atoms with Gasteiger partial charge in [-0.2, -0.15) is 0 Å². The number of nitrogens with zero attached hydrogens (tertiary/aromatic N) is 3. The van der Waals surface area contributed by atoms with Crippen LogP contribution in [0.1, 0.15) is 74.5 Å². The lowest BCUT2D eigenvalue weighted by Crippen LogP contribution is -2.44. The molecule has 2 fully saturated rings. The van der Waals surface area contributed by atoms with Crippen molar-refractivity contribution >= 4 is 5.91 Å². The van der Waals surface area contributed by atoms with Crippen LogP contribution in [0.15, 0.2) is 30.5 Å². The van der Waals surface area contributed by atoms with Gasteiger partial charge in [0.05, 0.1) is 18.3 Å². The highest BCUT2D eigenvalue weighted by Gasteiger charge is 2.38. The van der Waals surface area contributed by atoms with Gasteiger partial charge >= 0.3 is 0 Å². The normalized spacial score (nSPS) is 21.4. The monoisotopic (exact) mass is 396 g/mol. The summed E-state index contributed by atoms with van der Waals surface area (Å²) in [5.74, 6) is 0.316. The number of rotatable bonds is 5. The van der Waals surface area contributed by atoms with E-state index in [-0.39, 0.29) is 16.9 Å². The molecular formula is C23H32N4O2. The Labute approximate surface area is 173 Å². The van der Waals surface area contributed by atoms with Crippen LogP contribution in [-0.4, -0.2) is 34.1 Å². The molecule has 1 amide bonds. The molecule has 2 aliphatic rings. The SMILES string of the molecule is CC(C)(C)c1ccc(C2(NC(=O)c3cn(C[C@H]4CCOC4)nn3)CCCC2)cc1. The van der Waals surface area contributed by atoms with Crippen LogP contribution in [0.5, 0.6) is 0 Å². The molecule has 1 saturated carbocycles. The summed E-state index contributed by atoms with van der Waals surface area (Å²) in [4.78, 5) is 13.0. The molecule has 6 nitrogen and oxygen atoms in total. The Hall–Kier alpha value is -2.21. The number of carbonyl (C=O) groups excluding carboxylic acids is 1. The zero-order valence-corrected chi connectivity index (χ0v) is 17.8. The van der Waals surface area contributed by atoms with E-state index >= 15 is 0 Å². The van der Waals surface area contributed by atoms with Crippen molar-refractivity contribution in [2.75, 3.05) is 13.2 Å². The molecular weight excluding hydrogens is 364 g/mol. The highest BCUT2D eigenvalue weighted by Crippen LogP contribution is 2.39. The summed E-state index contributed by atoms with van der Waals surface area (Å²) in [6, 6.07) is 8.76. The molecule has 1 aliphatic carbocycles. The van der Waals surface area contributed by atoms with Crippen LogP contribution in [-0.2, 0) is 22.2 Å². The van der Waals surface area contributed by atoms with Crippen LogP contribution in [0.3, 0.4) is 0 Å². The van der Waals surface area contributed by atoms with Crippen LogP contribution in [0.4, 0.5) is 0 Å². The van der Waals surface area contributed by atoms with Gasteiger partial charge in [0.1, 0.15) is 0 Å². The molecule has 156 valence electrons. The standard InChI is InChI=1S/C23H32N4O2/c1-22(2,3)18-6-8-19(9-7-18)23(11-4-5-12-23)24-21(28)20-15-27(26-25-20)14-17-10-13-29-16-17/h6-9,15,17H,4-5,10-14,16H2,1-3H3,(H,24,28)/t17-/m1/s1. The van der Waals surface area contributed by atoms with Gasteiger partial charge in [-0.25, -0.2) is 0 Å². The van der Waals surface area contributed by atoms with E-state index in [4.69, 9.17) is 4.74 Å². The largest absolute Gasteiger partial charge is 0.381 e. The van der Waals surface area contributed by atoms with Gasteiger partial charge in [-0.1, -0.05) is 63.1 Å². The lowest BCUT2D eigenvalue weighted by Gasteiger charge is -2.31. The minimum absolute atomic E-state index is 0.119. The number of benzene rings is 1. The van der Waals surface area contributed by atoms with E-state index in [1.807, 2.05) is 0 Å². The van der Waals surface area contributed by atoms with Gasteiger partial charge in [-0.3, -0.25) is 9.48 Å². The predicted molar refractivity (Wildman–Crippen MR) is 112 cm³/mol. The Kier molecular flexibility index (Phi) is 5.47. The second kappa shape index (κ2) is 7.90. The van der Waals surface area contributed by atoms with Gasteiger partial charge in [0, 0.05) is 19.1 Å². The van der Waals surface area contributed by atoms with Gasteiger partial charge in [-0.05, 0) is 35.8 Å². The van der Waals surface area contributed by atoms with Crippen molar-refractivity contribution in [3.63, 3.8) is 0 Å². The van der Waals surface area contributed by atoms with Crippen molar-refractivity contribution in [3.05, 3.63) is 47.3 Å². The van der Waals surface area contributed by atoms with Crippen LogP contribution in [0.2, 0.25) is 0 Å². The first-order chi connectivity index (χ1) is 13.9. The summed E-state index contributed by atoms with van der Waals surface area (Å²) in [6.45, 7) is 8.97. The van der Waals surface area contributed by atoms with E-state index in [1.165, 1.54) is 11.1 Å². The van der Waals surface area contributed by atoms with Gasteiger partial charge in [0.25, 0.3) is 5.91 Å². The van der Waals surface area contributed by atoms with Crippen LogP contribution in [0, 0.1) is 5.92 Å². The molecule has 1 atom stereocenters. The van der Waals surface area contributed by atoms with E-state index in [9.17, 15) is 4.79 Å². The number of aromatic nitrogens is 3. The lowest BCUT2D eigenvalue weighted by molar-refractivity contribution is 0.0893. The number of carbonyl (C=O) groups is 1. The molecule has 1 N–H and O–H groups in total. The second-order valence-electron chi connectivity index (χ2n) is 9.63. The average Bonchev–Trinajstić information content (AvgIpc) is 3.44. The molecule has 0 unspecified atom stereocenters. The smallest absolute Gasteiger partial charge is 0.274 e. The Morgan fingerprint density at radius 2 is 1.97 bits per heavy atom. The topological polar surface area (TPSA) is 69.0 Å². The Morgan fingerprint density at radius 1 is 1.24 bits per heavy atom. The Balaban J connectivity index is 1.49. The van der Waals surface area contributed by atoms with Crippen LogP contribution in [0.25, 0.3) is 0 Å². The molecule has 1 aromatic heterocycles. The maximum absolute atomic E-state index is 13.0. The Bertz CT molecular complexity index is 839. The van der Waals surface area contributed by atoms with Gasteiger partial charge < -0.3 is 10.1 Å². The molecule has 4 rings (SSSR count). The fourth-order valence-corrected chi connectivity index (χ4v) is 4.52. The molecule has 2 aromatic rings. The van der Waals surface area contributed by atoms with E-state index < -0.39 is 0 Å². The number of ether oxygens (including phenoxy) is 1. The molecule has 29 heavy (non-hydrogen) atoms.